The van der Waals surface area contributed by atoms with E-state index in [9.17, 15) is 14.4 Å². The minimum Gasteiger partial charge on any atom is -0.463 e. The fourth-order valence-electron chi connectivity index (χ4n) is 4.21. The number of anilines is 2. The third-order valence-corrected chi connectivity index (χ3v) is 6.62. The van der Waals surface area contributed by atoms with Crippen molar-refractivity contribution in [1.82, 2.24) is 19.3 Å². The van der Waals surface area contributed by atoms with Gasteiger partial charge in [-0.05, 0) is 66.4 Å². The maximum absolute atomic E-state index is 13.5. The smallest absolute Gasteiger partial charge is 0.377 e. The summed E-state index contributed by atoms with van der Waals surface area (Å²) in [6.45, 7) is 0.915. The minimum atomic E-state index is -0.713. The topological polar surface area (TPSA) is 149 Å². The molecule has 0 radical (unpaired) electrons. The van der Waals surface area contributed by atoms with Crippen molar-refractivity contribution in [2.45, 2.75) is 38.6 Å². The van der Waals surface area contributed by atoms with Gasteiger partial charge < -0.3 is 28.8 Å². The van der Waals surface area contributed by atoms with Gasteiger partial charge in [-0.2, -0.15) is 4.98 Å². The van der Waals surface area contributed by atoms with Crippen LogP contribution in [0.4, 0.5) is 11.6 Å². The van der Waals surface area contributed by atoms with E-state index in [4.69, 9.17) is 30.3 Å². The molecule has 13 nitrogen and oxygen atoms in total. The molecule has 2 aromatic carbocycles. The number of hydrogen-bond acceptors (Lipinski definition) is 11. The van der Waals surface area contributed by atoms with Gasteiger partial charge in [0.05, 0.1) is 32.9 Å². The Balaban J connectivity index is 1.35. The van der Waals surface area contributed by atoms with Gasteiger partial charge in [-0.1, -0.05) is 23.7 Å². The Bertz CT molecular complexity index is 1630. The van der Waals surface area contributed by atoms with Gasteiger partial charge in [0.2, 0.25) is 11.7 Å². The van der Waals surface area contributed by atoms with Crippen molar-refractivity contribution in [1.29, 1.82) is 0 Å². The van der Waals surface area contributed by atoms with E-state index >= 15 is 0 Å². The maximum atomic E-state index is 13.5. The lowest BCUT2D eigenvalue weighted by molar-refractivity contribution is -0.163. The Morgan fingerprint density at radius 2 is 1.88 bits per heavy atom. The van der Waals surface area contributed by atoms with Gasteiger partial charge in [0.25, 0.3) is 5.88 Å². The Labute approximate surface area is 244 Å². The number of halogens is 1. The SMILES string of the molecule is COC(=O)c1cc(Oc2ccc(Nc3nc(=O)n(CCOC4CCCCO4)c(=O)n3Cc3ccc(Cl)cc3)cc2)no1. The molecule has 1 aliphatic heterocycles. The third kappa shape index (κ3) is 7.24. The molecule has 0 saturated carbocycles. The van der Waals surface area contributed by atoms with Gasteiger partial charge in [0, 0.05) is 17.3 Å². The van der Waals surface area contributed by atoms with Crippen LogP contribution in [0.15, 0.2) is 68.7 Å². The Kier molecular flexibility index (Phi) is 9.31. The van der Waals surface area contributed by atoms with E-state index in [1.807, 2.05) is 0 Å². The van der Waals surface area contributed by atoms with Crippen molar-refractivity contribution in [3.05, 3.63) is 91.9 Å². The van der Waals surface area contributed by atoms with E-state index < -0.39 is 17.3 Å². The molecule has 0 aliphatic carbocycles. The number of ether oxygens (including phenoxy) is 4. The molecule has 4 aromatic rings. The summed E-state index contributed by atoms with van der Waals surface area (Å²) in [7, 11) is 1.23. The van der Waals surface area contributed by atoms with Crippen LogP contribution in [-0.2, 0) is 27.3 Å². The van der Waals surface area contributed by atoms with Crippen LogP contribution in [0.1, 0.15) is 35.4 Å². The van der Waals surface area contributed by atoms with Gasteiger partial charge in [0.15, 0.2) is 6.29 Å². The van der Waals surface area contributed by atoms with E-state index in [1.165, 1.54) is 17.7 Å². The number of carbonyl (C=O) groups excluding carboxylic acids is 1. The Hall–Kier alpha value is -4.46. The molecule has 1 fully saturated rings. The Morgan fingerprint density at radius 1 is 1.10 bits per heavy atom. The monoisotopic (exact) mass is 597 g/mol. The fraction of sp³-hybridized carbons (Fsp3) is 0.321. The number of carbonyl (C=O) groups is 1. The van der Waals surface area contributed by atoms with Gasteiger partial charge >= 0.3 is 17.3 Å². The molecule has 14 heteroatoms. The number of methoxy groups -OCH3 is 1. The number of nitrogens with one attached hydrogen (secondary N) is 1. The highest BCUT2D eigenvalue weighted by Gasteiger charge is 2.18. The standard InChI is InChI=1S/C28H28ClN5O8/c1-38-25(35)22-16-23(32-42-22)41-21-11-9-20(10-12-21)30-26-31-27(36)33(13-15-40-24-4-2-3-14-39-24)28(37)34(26)17-18-5-7-19(29)8-6-18/h5-12,16,24H,2-4,13-15,17H2,1H3,(H,30,31,36). The van der Waals surface area contributed by atoms with Gasteiger partial charge in [0.1, 0.15) is 5.75 Å². The average molecular weight is 598 g/mol. The van der Waals surface area contributed by atoms with Crippen LogP contribution in [-0.4, -0.2) is 51.9 Å². The summed E-state index contributed by atoms with van der Waals surface area (Å²) in [6, 6.07) is 14.9. The summed E-state index contributed by atoms with van der Waals surface area (Å²) < 4.78 is 28.8. The molecule has 2 aromatic heterocycles. The van der Waals surface area contributed by atoms with Gasteiger partial charge in [-0.25, -0.2) is 19.0 Å². The summed E-state index contributed by atoms with van der Waals surface area (Å²) in [5, 5.41) is 7.29. The van der Waals surface area contributed by atoms with Crippen molar-refractivity contribution in [2.24, 2.45) is 0 Å². The summed E-state index contributed by atoms with van der Waals surface area (Å²) in [5.74, 6) is -0.257. The molecule has 1 unspecified atom stereocenters. The first-order valence-electron chi connectivity index (χ1n) is 13.2. The molecule has 1 N–H and O–H groups in total. The first-order valence-corrected chi connectivity index (χ1v) is 13.6. The molecule has 0 amide bonds. The molecule has 1 atom stereocenters. The second-order valence-corrected chi connectivity index (χ2v) is 9.74. The second kappa shape index (κ2) is 13.5. The highest BCUT2D eigenvalue weighted by molar-refractivity contribution is 6.30. The summed E-state index contributed by atoms with van der Waals surface area (Å²) in [6.07, 6.45) is 2.42. The number of aromatic nitrogens is 4. The summed E-state index contributed by atoms with van der Waals surface area (Å²) >= 11 is 6.03. The van der Waals surface area contributed by atoms with Crippen LogP contribution in [0.3, 0.4) is 0 Å². The highest BCUT2D eigenvalue weighted by atomic mass is 35.5. The summed E-state index contributed by atoms with van der Waals surface area (Å²) in [4.78, 5) is 42.2. The molecule has 42 heavy (non-hydrogen) atoms. The lowest BCUT2D eigenvalue weighted by atomic mass is 10.2. The average Bonchev–Trinajstić information content (AvgIpc) is 3.47. The van der Waals surface area contributed by atoms with Crippen molar-refractivity contribution in [3.63, 3.8) is 0 Å². The van der Waals surface area contributed by atoms with Crippen LogP contribution in [0, 0.1) is 0 Å². The first-order chi connectivity index (χ1) is 20.4. The Morgan fingerprint density at radius 3 is 2.60 bits per heavy atom. The molecule has 0 spiro atoms. The zero-order valence-corrected chi connectivity index (χ0v) is 23.4. The number of nitrogens with zero attached hydrogens (tertiary/aromatic N) is 4. The lowest BCUT2D eigenvalue weighted by Gasteiger charge is -2.22. The molecule has 1 saturated heterocycles. The fourth-order valence-corrected chi connectivity index (χ4v) is 4.34. The van der Waals surface area contributed by atoms with Crippen LogP contribution in [0.5, 0.6) is 11.6 Å². The van der Waals surface area contributed by atoms with Crippen molar-refractivity contribution in [2.75, 3.05) is 25.6 Å². The van der Waals surface area contributed by atoms with E-state index in [0.717, 1.165) is 29.4 Å². The molecular weight excluding hydrogens is 570 g/mol. The number of benzene rings is 2. The zero-order valence-electron chi connectivity index (χ0n) is 22.7. The van der Waals surface area contributed by atoms with Crippen LogP contribution < -0.4 is 21.4 Å². The first kappa shape index (κ1) is 29.0. The number of hydrogen-bond donors (Lipinski definition) is 1. The number of esters is 1. The molecule has 5 rings (SSSR count). The third-order valence-electron chi connectivity index (χ3n) is 6.37. The molecule has 220 valence electrons. The normalized spacial score (nSPS) is 14.9. The predicted octanol–water partition coefficient (Wildman–Crippen LogP) is 3.96. The highest BCUT2D eigenvalue weighted by Crippen LogP contribution is 2.24. The zero-order chi connectivity index (χ0) is 29.5. The van der Waals surface area contributed by atoms with Gasteiger partial charge in [-0.15, -0.1) is 0 Å². The molecular formula is C28H28ClN5O8. The summed E-state index contributed by atoms with van der Waals surface area (Å²) in [5.41, 5.74) is 0.0546. The molecule has 0 bridgehead atoms. The van der Waals surface area contributed by atoms with E-state index in [1.54, 1.807) is 48.5 Å². The second-order valence-electron chi connectivity index (χ2n) is 9.30. The quantitative estimate of drug-likeness (QED) is 0.250. The maximum Gasteiger partial charge on any atom is 0.377 e. The van der Waals surface area contributed by atoms with Crippen LogP contribution >= 0.6 is 11.6 Å². The van der Waals surface area contributed by atoms with E-state index in [0.29, 0.717) is 23.1 Å². The number of rotatable bonds is 11. The van der Waals surface area contributed by atoms with Crippen molar-refractivity contribution in [3.8, 4) is 11.6 Å². The van der Waals surface area contributed by atoms with E-state index in [2.05, 4.69) is 20.2 Å². The largest absolute Gasteiger partial charge is 0.463 e. The van der Waals surface area contributed by atoms with E-state index in [-0.39, 0.29) is 43.6 Å². The van der Waals surface area contributed by atoms with Crippen molar-refractivity contribution < 1.29 is 28.3 Å². The van der Waals surface area contributed by atoms with Crippen molar-refractivity contribution >= 4 is 29.2 Å². The van der Waals surface area contributed by atoms with Crippen LogP contribution in [0.2, 0.25) is 5.02 Å². The molecule has 3 heterocycles. The molecule has 1 aliphatic rings. The predicted molar refractivity (Wildman–Crippen MR) is 150 cm³/mol. The minimum absolute atomic E-state index is 0.0250. The lowest BCUT2D eigenvalue weighted by Crippen LogP contribution is -2.43. The van der Waals surface area contributed by atoms with Gasteiger partial charge in [-0.3, -0.25) is 4.57 Å². The van der Waals surface area contributed by atoms with Crippen LogP contribution in [0.25, 0.3) is 0 Å².